The van der Waals surface area contributed by atoms with Gasteiger partial charge in [-0.1, -0.05) is 0 Å². The Morgan fingerprint density at radius 3 is 1.70 bits per heavy atom. The van der Waals surface area contributed by atoms with Gasteiger partial charge in [0.2, 0.25) is 18.3 Å². The Kier molecular flexibility index (Phi) is 10.2. The zero-order chi connectivity index (χ0) is 31.2. The normalized spacial score (nSPS) is 32.2. The van der Waals surface area contributed by atoms with E-state index in [1.54, 1.807) is 0 Å². The molecule has 3 aromatic rings. The largest absolute Gasteiger partial charge is 1.00 e. The Hall–Kier alpha value is -3.26. The number of aliphatic hydroxyl groups excluding tert-OH is 8. The van der Waals surface area contributed by atoms with Crippen LogP contribution in [0.3, 0.4) is 0 Å². The van der Waals surface area contributed by atoms with Gasteiger partial charge in [-0.2, -0.15) is 0 Å². The van der Waals surface area contributed by atoms with Gasteiger partial charge in [0.05, 0.1) is 24.8 Å². The number of phenols is 3. The molecule has 2 aromatic carbocycles. The van der Waals surface area contributed by atoms with Crippen LogP contribution in [0, 0.1) is 0 Å². The van der Waals surface area contributed by atoms with Crippen LogP contribution in [0.25, 0.3) is 22.3 Å². The minimum absolute atomic E-state index is 0. The van der Waals surface area contributed by atoms with Gasteiger partial charge in [-0.05, 0) is 12.1 Å². The summed E-state index contributed by atoms with van der Waals surface area (Å²) in [6.07, 6.45) is -16.4. The zero-order valence-corrected chi connectivity index (χ0v) is 23.2. The second kappa shape index (κ2) is 13.4. The van der Waals surface area contributed by atoms with Crippen LogP contribution in [0.5, 0.6) is 28.7 Å². The van der Waals surface area contributed by atoms with Crippen molar-refractivity contribution in [3.05, 3.63) is 36.4 Å². The average molecular weight is 647 g/mol. The number of fused-ring (bicyclic) bond motifs is 1. The monoisotopic (exact) mass is 646 g/mol. The van der Waals surface area contributed by atoms with E-state index in [0.717, 1.165) is 18.2 Å². The Bertz CT molecular complexity index is 1450. The minimum Gasteiger partial charge on any atom is -1.00 e. The van der Waals surface area contributed by atoms with Gasteiger partial charge in [0.25, 0.3) is 0 Å². The summed E-state index contributed by atoms with van der Waals surface area (Å²) >= 11 is 0. The molecule has 5 rings (SSSR count). The molecule has 0 saturated carbocycles. The van der Waals surface area contributed by atoms with Gasteiger partial charge >= 0.3 is 11.3 Å². The lowest BCUT2D eigenvalue weighted by molar-refractivity contribution is -0.277. The molecule has 2 aliphatic rings. The van der Waals surface area contributed by atoms with Crippen LogP contribution in [0.15, 0.2) is 40.8 Å². The van der Waals surface area contributed by atoms with Gasteiger partial charge in [0.1, 0.15) is 65.7 Å². The average Bonchev–Trinajstić information content (AvgIpc) is 2.98. The molecule has 2 unspecified atom stereocenters. The van der Waals surface area contributed by atoms with Gasteiger partial charge in [-0.15, -0.1) is 0 Å². The topological polar surface area (TPSA) is 271 Å². The van der Waals surface area contributed by atoms with E-state index in [2.05, 4.69) is 0 Å². The first-order valence-electron chi connectivity index (χ1n) is 13.0. The number of aromatic hydroxyl groups is 3. The molecule has 1 aromatic heterocycles. The molecule has 2 aliphatic heterocycles. The molecule has 0 aliphatic carbocycles. The van der Waals surface area contributed by atoms with Crippen LogP contribution in [-0.4, -0.2) is 131 Å². The van der Waals surface area contributed by atoms with Crippen molar-refractivity contribution in [1.82, 2.24) is 0 Å². The van der Waals surface area contributed by atoms with Crippen molar-refractivity contribution in [3.8, 4) is 40.1 Å². The second-order valence-electron chi connectivity index (χ2n) is 10.1. The van der Waals surface area contributed by atoms with Crippen molar-refractivity contribution in [3.63, 3.8) is 0 Å². The van der Waals surface area contributed by atoms with E-state index in [-0.39, 0.29) is 46.2 Å². The van der Waals surface area contributed by atoms with Gasteiger partial charge in [-0.25, -0.2) is 4.42 Å². The highest BCUT2D eigenvalue weighted by atomic mass is 35.5. The summed E-state index contributed by atoms with van der Waals surface area (Å²) in [5, 5.41) is 111. The lowest BCUT2D eigenvalue weighted by Crippen LogP contribution is -3.00. The van der Waals surface area contributed by atoms with Gasteiger partial charge in [0.15, 0.2) is 11.5 Å². The van der Waals surface area contributed by atoms with Crippen molar-refractivity contribution >= 4 is 11.0 Å². The molecule has 0 bridgehead atoms. The zero-order valence-electron chi connectivity index (χ0n) is 22.5. The number of halogens is 1. The lowest BCUT2D eigenvalue weighted by Gasteiger charge is -2.39. The fourth-order valence-electron chi connectivity index (χ4n) is 4.80. The molecule has 16 nitrogen and oxygen atoms in total. The summed E-state index contributed by atoms with van der Waals surface area (Å²) in [6.45, 7) is -1.46. The van der Waals surface area contributed by atoms with E-state index in [1.165, 1.54) is 18.2 Å². The number of phenolic OH excluding ortho intramolecular Hbond substituents is 3. The van der Waals surface area contributed by atoms with Crippen molar-refractivity contribution in [2.75, 3.05) is 13.2 Å². The highest BCUT2D eigenvalue weighted by Crippen LogP contribution is 2.43. The molecular formula is C27H31ClO16. The lowest BCUT2D eigenvalue weighted by atomic mass is 9.99. The summed E-state index contributed by atoms with van der Waals surface area (Å²) in [5.74, 6) is -1.96. The highest BCUT2D eigenvalue weighted by molar-refractivity contribution is 5.89. The molecule has 2 saturated heterocycles. The van der Waals surface area contributed by atoms with E-state index in [1.807, 2.05) is 0 Å². The Balaban J connectivity index is 0.00000442. The number of aliphatic hydroxyl groups is 8. The molecule has 10 atom stereocenters. The molecule has 44 heavy (non-hydrogen) atoms. The number of rotatable bonds is 7. The number of hydrogen-bond acceptors (Lipinski definition) is 15. The fraction of sp³-hybridized carbons (Fsp3) is 0.444. The maximum Gasteiger partial charge on any atom is 0.402 e. The molecule has 17 heteroatoms. The van der Waals surface area contributed by atoms with E-state index in [9.17, 15) is 56.2 Å². The maximum absolute atomic E-state index is 10.6. The predicted molar refractivity (Wildman–Crippen MR) is 140 cm³/mol. The van der Waals surface area contributed by atoms with Crippen LogP contribution in [0.1, 0.15) is 0 Å². The maximum atomic E-state index is 10.6. The van der Waals surface area contributed by atoms with Crippen LogP contribution in [0.2, 0.25) is 0 Å². The standard InChI is InChI=1S/C27H30O16.ClH/c28-7-17-19(33)21(35)23(37)26(42-17)40-15-5-10(30)4-14-11(15)6-16(25(39-14)9-1-2-12(31)13(32)3-9)41-27-24(38)22(36)20(34)18(8-29)43-27;/h1-6,17-24,26-29,33-38H,7-8H2,(H2-,30,31,32);1H/t17-,18-,19-,20-,21+,22+,23-,24-,26?,27?;/m1./s1. The third-order valence-corrected chi connectivity index (χ3v) is 7.22. The summed E-state index contributed by atoms with van der Waals surface area (Å²) in [5.41, 5.74) is 0.0554. The Labute approximate surface area is 254 Å². The molecule has 0 amide bonds. The molecule has 0 spiro atoms. The first kappa shape index (κ1) is 33.6. The SMILES string of the molecule is OC[C@H]1OC(Oc2cc3c(OC4O[C@H](CO)[C@@H](O)[C@H](O)[C@H]4O)cc(O)cc3[o+]c2-c2ccc(O)c(O)c2)[C@H](O)[C@@H](O)[C@@H]1O.[Cl-]. The number of ether oxygens (including phenoxy) is 4. The minimum atomic E-state index is -1.82. The Morgan fingerprint density at radius 2 is 1.18 bits per heavy atom. The van der Waals surface area contributed by atoms with Crippen LogP contribution >= 0.6 is 0 Å². The number of benzene rings is 2. The molecule has 11 N–H and O–H groups in total. The van der Waals surface area contributed by atoms with E-state index < -0.39 is 91.9 Å². The predicted octanol–water partition coefficient (Wildman–Crippen LogP) is -5.14. The summed E-state index contributed by atoms with van der Waals surface area (Å²) in [4.78, 5) is 0. The van der Waals surface area contributed by atoms with Crippen LogP contribution in [-0.2, 0) is 9.47 Å². The van der Waals surface area contributed by atoms with Crippen molar-refractivity contribution in [2.24, 2.45) is 0 Å². The van der Waals surface area contributed by atoms with E-state index >= 15 is 0 Å². The van der Waals surface area contributed by atoms with E-state index in [0.29, 0.717) is 0 Å². The third-order valence-electron chi connectivity index (χ3n) is 7.22. The summed E-state index contributed by atoms with van der Waals surface area (Å²) < 4.78 is 28.4. The van der Waals surface area contributed by atoms with Gasteiger partial charge in [-0.3, -0.25) is 0 Å². The summed E-state index contributed by atoms with van der Waals surface area (Å²) in [7, 11) is 0. The molecular weight excluding hydrogens is 616 g/mol. The first-order chi connectivity index (χ1) is 20.4. The molecule has 2 fully saturated rings. The van der Waals surface area contributed by atoms with Crippen molar-refractivity contribution in [2.45, 2.75) is 61.4 Å². The smallest absolute Gasteiger partial charge is 0.402 e. The highest BCUT2D eigenvalue weighted by Gasteiger charge is 2.47. The molecule has 0 radical (unpaired) electrons. The van der Waals surface area contributed by atoms with Crippen LogP contribution < -0.4 is 21.9 Å². The quantitative estimate of drug-likeness (QED) is 0.0846. The molecule has 3 heterocycles. The van der Waals surface area contributed by atoms with E-state index in [4.69, 9.17) is 23.4 Å². The van der Waals surface area contributed by atoms with Gasteiger partial charge in [0, 0.05) is 18.2 Å². The van der Waals surface area contributed by atoms with Gasteiger partial charge < -0.3 is 87.5 Å². The number of hydrogen-bond donors (Lipinski definition) is 11. The fourth-order valence-corrected chi connectivity index (χ4v) is 4.80. The Morgan fingerprint density at radius 1 is 0.636 bits per heavy atom. The molecule has 242 valence electrons. The second-order valence-corrected chi connectivity index (χ2v) is 10.1. The summed E-state index contributed by atoms with van der Waals surface area (Å²) in [6, 6.07) is 7.17. The van der Waals surface area contributed by atoms with Crippen LogP contribution in [0.4, 0.5) is 0 Å². The van der Waals surface area contributed by atoms with Crippen molar-refractivity contribution in [1.29, 1.82) is 0 Å². The third kappa shape index (κ3) is 6.28. The first-order valence-corrected chi connectivity index (χ1v) is 13.0. The van der Waals surface area contributed by atoms with Crippen molar-refractivity contribution < 1.29 is 91.9 Å².